The monoisotopic (exact) mass is 241 g/mol. The first-order valence-electron chi connectivity index (χ1n) is 6.88. The van der Waals surface area contributed by atoms with Crippen molar-refractivity contribution >= 4 is 5.97 Å². The molecule has 1 N–H and O–H groups in total. The first kappa shape index (κ1) is 14.5. The summed E-state index contributed by atoms with van der Waals surface area (Å²) in [6.07, 6.45) is 5.02. The van der Waals surface area contributed by atoms with E-state index in [1.807, 2.05) is 20.8 Å². The van der Waals surface area contributed by atoms with E-state index in [0.29, 0.717) is 12.5 Å². The van der Waals surface area contributed by atoms with E-state index in [0.717, 1.165) is 12.5 Å². The van der Waals surface area contributed by atoms with E-state index in [9.17, 15) is 4.79 Å². The zero-order valence-corrected chi connectivity index (χ0v) is 11.7. The fourth-order valence-corrected chi connectivity index (χ4v) is 2.60. The molecule has 2 atom stereocenters. The summed E-state index contributed by atoms with van der Waals surface area (Å²) in [5.74, 6) is 1.23. The Morgan fingerprint density at radius 1 is 1.41 bits per heavy atom. The number of carbonyl (C=O) groups excluding carboxylic acids is 1. The van der Waals surface area contributed by atoms with Crippen molar-refractivity contribution in [3.8, 4) is 0 Å². The van der Waals surface area contributed by atoms with Gasteiger partial charge in [-0.15, -0.1) is 0 Å². The molecule has 1 saturated carbocycles. The summed E-state index contributed by atoms with van der Waals surface area (Å²) in [5, 5.41) is 3.14. The molecule has 1 aliphatic rings. The van der Waals surface area contributed by atoms with Crippen LogP contribution in [0.25, 0.3) is 0 Å². The third-order valence-electron chi connectivity index (χ3n) is 3.62. The number of carbonyl (C=O) groups is 1. The summed E-state index contributed by atoms with van der Waals surface area (Å²) < 4.78 is 5.45. The molecule has 0 saturated heterocycles. The molecule has 1 rings (SSSR count). The van der Waals surface area contributed by atoms with E-state index in [-0.39, 0.29) is 5.97 Å². The van der Waals surface area contributed by atoms with Crippen molar-refractivity contribution in [2.45, 2.75) is 58.9 Å². The van der Waals surface area contributed by atoms with Crippen LogP contribution in [0.2, 0.25) is 0 Å². The summed E-state index contributed by atoms with van der Waals surface area (Å²) in [6, 6.07) is 0. The van der Waals surface area contributed by atoms with Crippen LogP contribution < -0.4 is 5.32 Å². The molecule has 3 nitrogen and oxygen atoms in total. The Balaban J connectivity index is 2.32. The molecule has 0 amide bonds. The Hall–Kier alpha value is -0.570. The van der Waals surface area contributed by atoms with E-state index < -0.39 is 5.54 Å². The zero-order valence-electron chi connectivity index (χ0n) is 11.7. The van der Waals surface area contributed by atoms with Crippen LogP contribution >= 0.6 is 0 Å². The SMILES string of the molecule is CCNC(C)(C)C(=O)OCC1CCCC(C)C1. The van der Waals surface area contributed by atoms with Gasteiger partial charge in [0.05, 0.1) is 6.61 Å². The second-order valence-electron chi connectivity index (χ2n) is 5.89. The number of rotatable bonds is 5. The van der Waals surface area contributed by atoms with E-state index in [4.69, 9.17) is 4.74 Å². The molecule has 0 heterocycles. The Bertz CT molecular complexity index is 251. The van der Waals surface area contributed by atoms with E-state index in [1.165, 1.54) is 25.7 Å². The third kappa shape index (κ3) is 4.66. The van der Waals surface area contributed by atoms with Crippen molar-refractivity contribution in [2.24, 2.45) is 11.8 Å². The van der Waals surface area contributed by atoms with Crippen LogP contribution in [-0.4, -0.2) is 24.7 Å². The number of esters is 1. The van der Waals surface area contributed by atoms with E-state index in [2.05, 4.69) is 12.2 Å². The number of ether oxygens (including phenoxy) is 1. The molecule has 3 heteroatoms. The van der Waals surface area contributed by atoms with Gasteiger partial charge < -0.3 is 10.1 Å². The lowest BCUT2D eigenvalue weighted by Gasteiger charge is -2.28. The van der Waals surface area contributed by atoms with Gasteiger partial charge >= 0.3 is 5.97 Å². The predicted molar refractivity (Wildman–Crippen MR) is 69.8 cm³/mol. The van der Waals surface area contributed by atoms with Crippen molar-refractivity contribution < 1.29 is 9.53 Å². The summed E-state index contributed by atoms with van der Waals surface area (Å²) in [4.78, 5) is 11.9. The van der Waals surface area contributed by atoms with Gasteiger partial charge in [0.1, 0.15) is 5.54 Å². The summed E-state index contributed by atoms with van der Waals surface area (Å²) in [7, 11) is 0. The smallest absolute Gasteiger partial charge is 0.325 e. The van der Waals surface area contributed by atoms with Crippen LogP contribution in [0.3, 0.4) is 0 Å². The number of hydrogen-bond acceptors (Lipinski definition) is 3. The van der Waals surface area contributed by atoms with Crippen molar-refractivity contribution in [2.75, 3.05) is 13.2 Å². The van der Waals surface area contributed by atoms with Crippen molar-refractivity contribution in [3.63, 3.8) is 0 Å². The molecule has 17 heavy (non-hydrogen) atoms. The van der Waals surface area contributed by atoms with E-state index >= 15 is 0 Å². The van der Waals surface area contributed by atoms with Gasteiger partial charge in [-0.25, -0.2) is 0 Å². The van der Waals surface area contributed by atoms with Crippen molar-refractivity contribution in [3.05, 3.63) is 0 Å². The predicted octanol–water partition coefficient (Wildman–Crippen LogP) is 2.74. The highest BCUT2D eigenvalue weighted by molar-refractivity contribution is 5.79. The fraction of sp³-hybridized carbons (Fsp3) is 0.929. The standard InChI is InChI=1S/C14H27NO2/c1-5-15-14(3,4)13(16)17-10-12-8-6-7-11(2)9-12/h11-12,15H,5-10H2,1-4H3. The second kappa shape index (κ2) is 6.39. The van der Waals surface area contributed by atoms with Gasteiger partial charge in [0.2, 0.25) is 0 Å². The first-order chi connectivity index (χ1) is 7.95. The fourth-order valence-electron chi connectivity index (χ4n) is 2.60. The molecular weight excluding hydrogens is 214 g/mol. The van der Waals surface area contributed by atoms with Gasteiger partial charge in [-0.1, -0.05) is 26.7 Å². The first-order valence-corrected chi connectivity index (χ1v) is 6.88. The average Bonchev–Trinajstić information content (AvgIpc) is 2.26. The van der Waals surface area contributed by atoms with Crippen molar-refractivity contribution in [1.29, 1.82) is 0 Å². The quantitative estimate of drug-likeness (QED) is 0.752. The molecule has 0 radical (unpaired) electrons. The molecular formula is C14H27NO2. The minimum atomic E-state index is -0.560. The minimum Gasteiger partial charge on any atom is -0.464 e. The lowest BCUT2D eigenvalue weighted by atomic mass is 9.83. The maximum Gasteiger partial charge on any atom is 0.325 e. The topological polar surface area (TPSA) is 38.3 Å². The van der Waals surface area contributed by atoms with Crippen LogP contribution in [0.15, 0.2) is 0 Å². The molecule has 2 unspecified atom stereocenters. The summed E-state index contributed by atoms with van der Waals surface area (Å²) in [6.45, 7) is 9.42. The number of likely N-dealkylation sites (N-methyl/N-ethyl adjacent to an activating group) is 1. The molecule has 1 fully saturated rings. The Morgan fingerprint density at radius 3 is 2.71 bits per heavy atom. The largest absolute Gasteiger partial charge is 0.464 e. The van der Waals surface area contributed by atoms with Gasteiger partial charge in [-0.05, 0) is 45.1 Å². The zero-order chi connectivity index (χ0) is 12.9. The minimum absolute atomic E-state index is 0.127. The molecule has 0 aliphatic heterocycles. The highest BCUT2D eigenvalue weighted by atomic mass is 16.5. The number of hydrogen-bond donors (Lipinski definition) is 1. The van der Waals surface area contributed by atoms with Gasteiger partial charge in [0, 0.05) is 0 Å². The molecule has 0 bridgehead atoms. The average molecular weight is 241 g/mol. The molecule has 0 spiro atoms. The third-order valence-corrected chi connectivity index (χ3v) is 3.62. The number of nitrogens with one attached hydrogen (secondary N) is 1. The summed E-state index contributed by atoms with van der Waals surface area (Å²) in [5.41, 5.74) is -0.560. The lowest BCUT2D eigenvalue weighted by molar-refractivity contribution is -0.152. The molecule has 100 valence electrons. The van der Waals surface area contributed by atoms with Gasteiger partial charge in [-0.3, -0.25) is 4.79 Å². The van der Waals surface area contributed by atoms with Crippen LogP contribution in [0.4, 0.5) is 0 Å². The Kier molecular flexibility index (Phi) is 5.44. The highest BCUT2D eigenvalue weighted by Crippen LogP contribution is 2.28. The van der Waals surface area contributed by atoms with Crippen LogP contribution in [0.1, 0.15) is 53.4 Å². The Labute approximate surface area is 105 Å². The van der Waals surface area contributed by atoms with Crippen LogP contribution in [-0.2, 0) is 9.53 Å². The van der Waals surface area contributed by atoms with Crippen LogP contribution in [0.5, 0.6) is 0 Å². The van der Waals surface area contributed by atoms with Gasteiger partial charge in [-0.2, -0.15) is 0 Å². The second-order valence-corrected chi connectivity index (χ2v) is 5.89. The summed E-state index contributed by atoms with van der Waals surface area (Å²) >= 11 is 0. The van der Waals surface area contributed by atoms with Crippen LogP contribution in [0, 0.1) is 11.8 Å². The van der Waals surface area contributed by atoms with Gasteiger partial charge in [0.15, 0.2) is 0 Å². The lowest BCUT2D eigenvalue weighted by Crippen LogP contribution is -2.48. The molecule has 1 aliphatic carbocycles. The van der Waals surface area contributed by atoms with Crippen molar-refractivity contribution in [1.82, 2.24) is 5.32 Å². The molecule has 0 aromatic rings. The molecule has 0 aromatic carbocycles. The van der Waals surface area contributed by atoms with Gasteiger partial charge in [0.25, 0.3) is 0 Å². The maximum absolute atomic E-state index is 11.9. The highest BCUT2D eigenvalue weighted by Gasteiger charge is 2.29. The normalized spacial score (nSPS) is 25.6. The Morgan fingerprint density at radius 2 is 2.12 bits per heavy atom. The van der Waals surface area contributed by atoms with E-state index in [1.54, 1.807) is 0 Å². The maximum atomic E-state index is 11.9. The molecule has 0 aromatic heterocycles.